The molecular formula is C23H29NO5. The lowest BCUT2D eigenvalue weighted by molar-refractivity contribution is -0.159. The molecule has 0 spiro atoms. The lowest BCUT2D eigenvalue weighted by Crippen LogP contribution is -2.41. The van der Waals surface area contributed by atoms with Crippen LogP contribution in [0, 0.1) is 6.92 Å². The van der Waals surface area contributed by atoms with Gasteiger partial charge in [0.1, 0.15) is 12.4 Å². The Morgan fingerprint density at radius 1 is 0.966 bits per heavy atom. The molecule has 0 unspecified atom stereocenters. The van der Waals surface area contributed by atoms with Crippen molar-refractivity contribution in [3.05, 3.63) is 65.2 Å². The van der Waals surface area contributed by atoms with Gasteiger partial charge in [0.15, 0.2) is 11.4 Å². The van der Waals surface area contributed by atoms with E-state index in [0.717, 1.165) is 5.56 Å². The predicted molar refractivity (Wildman–Crippen MR) is 111 cm³/mol. The van der Waals surface area contributed by atoms with Crippen LogP contribution in [0.1, 0.15) is 35.3 Å². The Morgan fingerprint density at radius 3 is 2.07 bits per heavy atom. The highest BCUT2D eigenvalue weighted by Gasteiger charge is 2.32. The number of aliphatic hydroxyl groups excluding tert-OH is 1. The van der Waals surface area contributed by atoms with Gasteiger partial charge in [-0.05, 0) is 52.1 Å². The summed E-state index contributed by atoms with van der Waals surface area (Å²) in [4.78, 5) is 26.7. The van der Waals surface area contributed by atoms with E-state index in [1.54, 1.807) is 50.2 Å². The van der Waals surface area contributed by atoms with E-state index < -0.39 is 11.6 Å². The fourth-order valence-corrected chi connectivity index (χ4v) is 2.63. The van der Waals surface area contributed by atoms with Gasteiger partial charge < -0.3 is 19.5 Å². The van der Waals surface area contributed by atoms with Crippen molar-refractivity contribution in [3.8, 4) is 5.75 Å². The molecule has 0 bridgehead atoms. The first-order valence-corrected chi connectivity index (χ1v) is 9.60. The van der Waals surface area contributed by atoms with Crippen LogP contribution in [-0.2, 0) is 9.53 Å². The maximum atomic E-state index is 12.5. The Labute approximate surface area is 172 Å². The maximum Gasteiger partial charge on any atom is 0.349 e. The average Bonchev–Trinajstić information content (AvgIpc) is 2.68. The number of aryl methyl sites for hydroxylation is 1. The van der Waals surface area contributed by atoms with E-state index >= 15 is 0 Å². The second-order valence-corrected chi connectivity index (χ2v) is 7.49. The molecule has 0 fully saturated rings. The number of hydrogen-bond acceptors (Lipinski definition) is 6. The molecule has 156 valence electrons. The molecule has 29 heavy (non-hydrogen) atoms. The number of esters is 1. The fraction of sp³-hybridized carbons (Fsp3) is 0.391. The number of rotatable bonds is 10. The summed E-state index contributed by atoms with van der Waals surface area (Å²) in [5, 5.41) is 8.88. The number of ether oxygens (including phenoxy) is 2. The molecule has 0 saturated heterocycles. The summed E-state index contributed by atoms with van der Waals surface area (Å²) in [6.45, 7) is 6.56. The van der Waals surface area contributed by atoms with Crippen molar-refractivity contribution >= 4 is 11.8 Å². The van der Waals surface area contributed by atoms with E-state index in [1.807, 2.05) is 31.0 Å². The summed E-state index contributed by atoms with van der Waals surface area (Å²) < 4.78 is 11.1. The van der Waals surface area contributed by atoms with Gasteiger partial charge in [-0.25, -0.2) is 4.79 Å². The van der Waals surface area contributed by atoms with E-state index in [1.165, 1.54) is 0 Å². The normalized spacial score (nSPS) is 11.4. The number of carbonyl (C=O) groups excluding carboxylic acids is 2. The molecular weight excluding hydrogens is 370 g/mol. The van der Waals surface area contributed by atoms with Crippen molar-refractivity contribution in [2.75, 3.05) is 33.4 Å². The lowest BCUT2D eigenvalue weighted by atomic mass is 10.0. The molecule has 0 amide bonds. The third-order valence-electron chi connectivity index (χ3n) is 4.48. The Morgan fingerprint density at radius 2 is 1.52 bits per heavy atom. The topological polar surface area (TPSA) is 76.1 Å². The summed E-state index contributed by atoms with van der Waals surface area (Å²) >= 11 is 0. The van der Waals surface area contributed by atoms with Gasteiger partial charge >= 0.3 is 5.97 Å². The number of carbonyl (C=O) groups is 2. The molecule has 0 radical (unpaired) electrons. The van der Waals surface area contributed by atoms with Gasteiger partial charge in [0, 0.05) is 24.2 Å². The highest BCUT2D eigenvalue weighted by molar-refractivity contribution is 6.09. The smallest absolute Gasteiger partial charge is 0.349 e. The summed E-state index contributed by atoms with van der Waals surface area (Å²) in [7, 11) is 1.84. The number of nitrogens with zero attached hydrogens (tertiary/aromatic N) is 1. The predicted octanol–water partition coefficient (Wildman–Crippen LogP) is 2.85. The number of hydrogen-bond donors (Lipinski definition) is 1. The van der Waals surface area contributed by atoms with Gasteiger partial charge in [0.25, 0.3) is 0 Å². The Hall–Kier alpha value is -2.70. The fourth-order valence-electron chi connectivity index (χ4n) is 2.63. The standard InChI is InChI=1S/C23H29NO5/c1-17-5-7-18(8-6-17)21(26)19-9-11-20(12-10-19)29-23(2,3)22(27)28-16-14-24(4)13-15-25/h5-12,25H,13-16H2,1-4H3. The van der Waals surface area contributed by atoms with Crippen LogP contribution in [0.2, 0.25) is 0 Å². The van der Waals surface area contributed by atoms with E-state index in [2.05, 4.69) is 0 Å². The highest BCUT2D eigenvalue weighted by atomic mass is 16.6. The first-order chi connectivity index (χ1) is 13.7. The molecule has 0 heterocycles. The zero-order valence-electron chi connectivity index (χ0n) is 17.5. The Bertz CT molecular complexity index is 812. The molecule has 0 aliphatic carbocycles. The van der Waals surface area contributed by atoms with Crippen molar-refractivity contribution < 1.29 is 24.2 Å². The quantitative estimate of drug-likeness (QED) is 0.489. The van der Waals surface area contributed by atoms with Crippen LogP contribution >= 0.6 is 0 Å². The van der Waals surface area contributed by atoms with Crippen molar-refractivity contribution in [1.29, 1.82) is 0 Å². The Kier molecular flexibility index (Phi) is 7.93. The molecule has 0 aliphatic rings. The van der Waals surface area contributed by atoms with Crippen molar-refractivity contribution in [1.82, 2.24) is 4.90 Å². The molecule has 0 aliphatic heterocycles. The van der Waals surface area contributed by atoms with Crippen LogP contribution in [0.5, 0.6) is 5.75 Å². The maximum absolute atomic E-state index is 12.5. The van der Waals surface area contributed by atoms with Gasteiger partial charge in [-0.15, -0.1) is 0 Å². The van der Waals surface area contributed by atoms with Gasteiger partial charge in [0.2, 0.25) is 0 Å². The van der Waals surface area contributed by atoms with Gasteiger partial charge in [-0.2, -0.15) is 0 Å². The summed E-state index contributed by atoms with van der Waals surface area (Å²) in [6.07, 6.45) is 0. The summed E-state index contributed by atoms with van der Waals surface area (Å²) in [5.41, 5.74) is 1.10. The number of likely N-dealkylation sites (N-methyl/N-ethyl adjacent to an activating group) is 1. The molecule has 0 aromatic heterocycles. The van der Waals surface area contributed by atoms with Crippen molar-refractivity contribution in [3.63, 3.8) is 0 Å². The number of benzene rings is 2. The molecule has 0 atom stereocenters. The molecule has 2 aromatic carbocycles. The summed E-state index contributed by atoms with van der Waals surface area (Å²) in [5.74, 6) is -0.0678. The minimum absolute atomic E-state index is 0.0570. The molecule has 0 saturated carbocycles. The molecule has 6 nitrogen and oxygen atoms in total. The SMILES string of the molecule is Cc1ccc(C(=O)c2ccc(OC(C)(C)C(=O)OCCN(C)CCO)cc2)cc1. The second-order valence-electron chi connectivity index (χ2n) is 7.49. The number of aliphatic hydroxyl groups is 1. The molecule has 2 aromatic rings. The molecule has 6 heteroatoms. The van der Waals surface area contributed by atoms with Gasteiger partial charge in [-0.3, -0.25) is 4.79 Å². The van der Waals surface area contributed by atoms with Crippen LogP contribution in [0.3, 0.4) is 0 Å². The molecule has 1 N–H and O–H groups in total. The van der Waals surface area contributed by atoms with Crippen LogP contribution in [-0.4, -0.2) is 60.7 Å². The second kappa shape index (κ2) is 10.2. The Balaban J connectivity index is 1.94. The van der Waals surface area contributed by atoms with E-state index in [9.17, 15) is 9.59 Å². The largest absolute Gasteiger partial charge is 0.476 e. The van der Waals surface area contributed by atoms with Gasteiger partial charge in [-0.1, -0.05) is 29.8 Å². The van der Waals surface area contributed by atoms with Crippen LogP contribution in [0.25, 0.3) is 0 Å². The van der Waals surface area contributed by atoms with E-state index in [4.69, 9.17) is 14.6 Å². The van der Waals surface area contributed by atoms with E-state index in [-0.39, 0.29) is 19.0 Å². The van der Waals surface area contributed by atoms with Gasteiger partial charge in [0.05, 0.1) is 6.61 Å². The van der Waals surface area contributed by atoms with Crippen LogP contribution in [0.4, 0.5) is 0 Å². The van der Waals surface area contributed by atoms with Crippen molar-refractivity contribution in [2.45, 2.75) is 26.4 Å². The zero-order valence-corrected chi connectivity index (χ0v) is 17.5. The monoisotopic (exact) mass is 399 g/mol. The third-order valence-corrected chi connectivity index (χ3v) is 4.48. The highest BCUT2D eigenvalue weighted by Crippen LogP contribution is 2.21. The summed E-state index contributed by atoms with van der Waals surface area (Å²) in [6, 6.07) is 14.1. The van der Waals surface area contributed by atoms with E-state index in [0.29, 0.717) is 30.0 Å². The first kappa shape index (κ1) is 22.6. The van der Waals surface area contributed by atoms with Crippen LogP contribution in [0.15, 0.2) is 48.5 Å². The minimum Gasteiger partial charge on any atom is -0.476 e. The minimum atomic E-state index is -1.17. The first-order valence-electron chi connectivity index (χ1n) is 9.60. The van der Waals surface area contributed by atoms with Crippen LogP contribution < -0.4 is 4.74 Å². The third kappa shape index (κ3) is 6.69. The number of ketones is 1. The molecule has 2 rings (SSSR count). The lowest BCUT2D eigenvalue weighted by Gasteiger charge is -2.25. The average molecular weight is 399 g/mol. The zero-order chi connectivity index (χ0) is 21.4. The van der Waals surface area contributed by atoms with Crippen molar-refractivity contribution in [2.24, 2.45) is 0 Å².